The Kier molecular flexibility index (Phi) is 6.66. The molecule has 130 valence electrons. The lowest BCUT2D eigenvalue weighted by Gasteiger charge is -2.14. The third-order valence-corrected chi connectivity index (χ3v) is 3.95. The summed E-state index contributed by atoms with van der Waals surface area (Å²) in [5.74, 6) is 1.37. The highest BCUT2D eigenvalue weighted by atomic mass is 16.5. The fourth-order valence-corrected chi connectivity index (χ4v) is 2.71. The van der Waals surface area contributed by atoms with Crippen LogP contribution >= 0.6 is 0 Å². The van der Waals surface area contributed by atoms with Gasteiger partial charge in [-0.3, -0.25) is 0 Å². The smallest absolute Gasteiger partial charge is 0.405 e. The Bertz CT molecular complexity index is 654. The molecular formula is C18H25N3O3. The van der Waals surface area contributed by atoms with Crippen LogP contribution in [0.25, 0.3) is 11.3 Å². The predicted molar refractivity (Wildman–Crippen MR) is 93.2 cm³/mol. The van der Waals surface area contributed by atoms with Gasteiger partial charge in [-0.25, -0.2) is 9.78 Å². The van der Waals surface area contributed by atoms with Crippen LogP contribution in [0.4, 0.5) is 4.79 Å². The number of aromatic amines is 1. The first kappa shape index (κ1) is 17.8. The van der Waals surface area contributed by atoms with Crippen LogP contribution in [-0.2, 0) is 0 Å². The normalized spacial score (nSPS) is 11.9. The van der Waals surface area contributed by atoms with Gasteiger partial charge >= 0.3 is 6.09 Å². The van der Waals surface area contributed by atoms with E-state index in [-0.39, 0.29) is 6.04 Å². The monoisotopic (exact) mass is 331 g/mol. The Morgan fingerprint density at radius 3 is 2.83 bits per heavy atom. The van der Waals surface area contributed by atoms with E-state index in [0.29, 0.717) is 5.82 Å². The minimum Gasteiger partial charge on any atom is -0.496 e. The number of imidazole rings is 1. The topological polar surface area (TPSA) is 87.2 Å². The second kappa shape index (κ2) is 8.96. The molecule has 0 bridgehead atoms. The average Bonchev–Trinajstić information content (AvgIpc) is 3.07. The lowest BCUT2D eigenvalue weighted by atomic mass is 10.1. The molecule has 1 atom stereocenters. The fraction of sp³-hybridized carbons (Fsp3) is 0.444. The van der Waals surface area contributed by atoms with Crippen LogP contribution in [0.5, 0.6) is 5.75 Å². The van der Waals surface area contributed by atoms with E-state index in [4.69, 9.17) is 9.84 Å². The number of rotatable bonds is 9. The summed E-state index contributed by atoms with van der Waals surface area (Å²) in [5, 5.41) is 11.6. The van der Waals surface area contributed by atoms with Gasteiger partial charge in [0.15, 0.2) is 0 Å². The zero-order valence-corrected chi connectivity index (χ0v) is 14.2. The maximum Gasteiger partial charge on any atom is 0.405 e. The number of hydrogen-bond donors (Lipinski definition) is 3. The Morgan fingerprint density at radius 1 is 1.33 bits per heavy atom. The van der Waals surface area contributed by atoms with Gasteiger partial charge in [0, 0.05) is 11.8 Å². The molecule has 1 unspecified atom stereocenters. The molecule has 2 aromatic rings. The largest absolute Gasteiger partial charge is 0.496 e. The van der Waals surface area contributed by atoms with E-state index in [0.717, 1.165) is 49.1 Å². The maximum atomic E-state index is 11.1. The van der Waals surface area contributed by atoms with Crippen LogP contribution in [0.15, 0.2) is 30.5 Å². The predicted octanol–water partition coefficient (Wildman–Crippen LogP) is 4.36. The zero-order chi connectivity index (χ0) is 17.4. The van der Waals surface area contributed by atoms with Crippen molar-refractivity contribution in [2.75, 3.05) is 7.11 Å². The summed E-state index contributed by atoms with van der Waals surface area (Å²) >= 11 is 0. The highest BCUT2D eigenvalue weighted by Crippen LogP contribution is 2.29. The highest BCUT2D eigenvalue weighted by Gasteiger charge is 2.18. The summed E-state index contributed by atoms with van der Waals surface area (Å²) in [5.41, 5.74) is 1.62. The Morgan fingerprint density at radius 2 is 2.12 bits per heavy atom. The molecule has 1 aromatic heterocycles. The number of para-hydroxylation sites is 1. The van der Waals surface area contributed by atoms with Crippen molar-refractivity contribution in [1.82, 2.24) is 15.3 Å². The van der Waals surface area contributed by atoms with Crippen molar-refractivity contribution in [2.45, 2.75) is 45.1 Å². The standard InChI is InChI=1S/C18H25N3O3/c1-3-4-5-6-10-14(21-18(22)23)17-19-12-15(20-17)13-9-7-8-11-16(13)24-2/h7-9,11-12,14,21H,3-6,10H2,1-2H3,(H,19,20)(H,22,23). The number of benzene rings is 1. The molecule has 3 N–H and O–H groups in total. The van der Waals surface area contributed by atoms with Gasteiger partial charge < -0.3 is 20.1 Å². The van der Waals surface area contributed by atoms with Gasteiger partial charge in [0.25, 0.3) is 0 Å². The van der Waals surface area contributed by atoms with Gasteiger partial charge in [-0.1, -0.05) is 44.7 Å². The molecule has 0 aliphatic carbocycles. The minimum atomic E-state index is -1.04. The van der Waals surface area contributed by atoms with Crippen molar-refractivity contribution in [3.05, 3.63) is 36.3 Å². The summed E-state index contributed by atoms with van der Waals surface area (Å²) in [6, 6.07) is 7.30. The number of amides is 1. The molecule has 24 heavy (non-hydrogen) atoms. The van der Waals surface area contributed by atoms with Gasteiger partial charge in [-0.15, -0.1) is 0 Å². The molecule has 6 heteroatoms. The second-order valence-corrected chi connectivity index (χ2v) is 5.72. The summed E-state index contributed by atoms with van der Waals surface area (Å²) < 4.78 is 5.36. The second-order valence-electron chi connectivity index (χ2n) is 5.72. The lowest BCUT2D eigenvalue weighted by molar-refractivity contribution is 0.188. The van der Waals surface area contributed by atoms with Crippen LogP contribution in [0.1, 0.15) is 50.9 Å². The number of aromatic nitrogens is 2. The van der Waals surface area contributed by atoms with Crippen molar-refractivity contribution in [3.63, 3.8) is 0 Å². The first-order valence-corrected chi connectivity index (χ1v) is 8.33. The molecule has 0 saturated carbocycles. The van der Waals surface area contributed by atoms with E-state index in [2.05, 4.69) is 22.2 Å². The molecule has 0 saturated heterocycles. The minimum absolute atomic E-state index is 0.331. The average molecular weight is 331 g/mol. The van der Waals surface area contributed by atoms with Crippen molar-refractivity contribution in [3.8, 4) is 17.0 Å². The molecule has 1 aromatic carbocycles. The third kappa shape index (κ3) is 4.75. The quantitative estimate of drug-likeness (QED) is 0.596. The van der Waals surface area contributed by atoms with E-state index >= 15 is 0 Å². The van der Waals surface area contributed by atoms with Crippen molar-refractivity contribution >= 4 is 6.09 Å². The number of unbranched alkanes of at least 4 members (excludes halogenated alkanes) is 3. The van der Waals surface area contributed by atoms with E-state index in [1.807, 2.05) is 24.3 Å². The van der Waals surface area contributed by atoms with E-state index in [9.17, 15) is 4.79 Å². The summed E-state index contributed by atoms with van der Waals surface area (Å²) in [4.78, 5) is 18.8. The van der Waals surface area contributed by atoms with Crippen LogP contribution in [0.3, 0.4) is 0 Å². The molecule has 0 fully saturated rings. The molecular weight excluding hydrogens is 306 g/mol. The number of hydrogen-bond acceptors (Lipinski definition) is 3. The number of carboxylic acid groups (broad SMARTS) is 1. The van der Waals surface area contributed by atoms with E-state index in [1.165, 1.54) is 0 Å². The summed E-state index contributed by atoms with van der Waals surface area (Å²) in [6.45, 7) is 2.15. The summed E-state index contributed by atoms with van der Waals surface area (Å²) in [6.07, 6.45) is 5.84. The molecule has 0 aliphatic heterocycles. The number of H-pyrrole nitrogens is 1. The van der Waals surface area contributed by atoms with Crippen molar-refractivity contribution in [1.29, 1.82) is 0 Å². The molecule has 6 nitrogen and oxygen atoms in total. The van der Waals surface area contributed by atoms with Gasteiger partial charge in [-0.2, -0.15) is 0 Å². The third-order valence-electron chi connectivity index (χ3n) is 3.95. The Balaban J connectivity index is 2.16. The van der Waals surface area contributed by atoms with E-state index in [1.54, 1.807) is 13.3 Å². The van der Waals surface area contributed by atoms with Crippen LogP contribution < -0.4 is 10.1 Å². The number of methoxy groups -OCH3 is 1. The first-order valence-electron chi connectivity index (χ1n) is 8.33. The van der Waals surface area contributed by atoms with Crippen LogP contribution in [0.2, 0.25) is 0 Å². The molecule has 0 radical (unpaired) electrons. The lowest BCUT2D eigenvalue weighted by Crippen LogP contribution is -2.27. The van der Waals surface area contributed by atoms with E-state index < -0.39 is 6.09 Å². The molecule has 0 spiro atoms. The van der Waals surface area contributed by atoms with Crippen molar-refractivity contribution in [2.24, 2.45) is 0 Å². The molecule has 1 amide bonds. The molecule has 1 heterocycles. The SMILES string of the molecule is CCCCCCC(NC(=O)O)c1nc(-c2ccccc2OC)c[nH]1. The number of ether oxygens (including phenoxy) is 1. The van der Waals surface area contributed by atoms with Crippen LogP contribution in [-0.4, -0.2) is 28.3 Å². The Labute approximate surface area is 142 Å². The first-order chi connectivity index (χ1) is 11.7. The van der Waals surface area contributed by atoms with Gasteiger partial charge in [0.2, 0.25) is 0 Å². The molecule has 2 rings (SSSR count). The maximum absolute atomic E-state index is 11.1. The van der Waals surface area contributed by atoms with Gasteiger partial charge in [0.05, 0.1) is 18.8 Å². The number of nitrogens with zero attached hydrogens (tertiary/aromatic N) is 1. The van der Waals surface area contributed by atoms with Crippen molar-refractivity contribution < 1.29 is 14.6 Å². The molecule has 0 aliphatic rings. The zero-order valence-electron chi connectivity index (χ0n) is 14.2. The summed E-state index contributed by atoms with van der Waals surface area (Å²) in [7, 11) is 1.62. The number of carbonyl (C=O) groups is 1. The van der Waals surface area contributed by atoms with Crippen LogP contribution in [0, 0.1) is 0 Å². The highest BCUT2D eigenvalue weighted by molar-refractivity contribution is 5.67. The fourth-order valence-electron chi connectivity index (χ4n) is 2.71. The van der Waals surface area contributed by atoms with Gasteiger partial charge in [0.1, 0.15) is 11.6 Å². The Hall–Kier alpha value is -2.50. The van der Waals surface area contributed by atoms with Gasteiger partial charge in [-0.05, 0) is 18.6 Å². The number of nitrogens with one attached hydrogen (secondary N) is 2.